The third-order valence-electron chi connectivity index (χ3n) is 3.95. The van der Waals surface area contributed by atoms with Crippen LogP contribution >= 0.6 is 0 Å². The van der Waals surface area contributed by atoms with E-state index in [1.54, 1.807) is 0 Å². The number of rotatable bonds is 8. The fraction of sp³-hybridized carbons (Fsp3) is 0.286. The van der Waals surface area contributed by atoms with Crippen LogP contribution < -0.4 is 0 Å². The zero-order valence-corrected chi connectivity index (χ0v) is 14.8. The van der Waals surface area contributed by atoms with Crippen LogP contribution in [0, 0.1) is 0 Å². The van der Waals surface area contributed by atoms with Gasteiger partial charge < -0.3 is 14.0 Å². The first-order valence-electron chi connectivity index (χ1n) is 8.73. The molecule has 4 nitrogen and oxygen atoms in total. The summed E-state index contributed by atoms with van der Waals surface area (Å²) in [4.78, 5) is 4.77. The fourth-order valence-corrected chi connectivity index (χ4v) is 2.82. The van der Waals surface area contributed by atoms with Crippen molar-refractivity contribution in [2.24, 2.45) is 0 Å². The quantitative estimate of drug-likeness (QED) is 0.564. The largest absolute Gasteiger partial charge is 0.351 e. The summed E-state index contributed by atoms with van der Waals surface area (Å²) in [5.41, 5.74) is 3.20. The van der Waals surface area contributed by atoms with Crippen molar-refractivity contribution in [3.05, 3.63) is 66.0 Å². The van der Waals surface area contributed by atoms with Crippen molar-refractivity contribution < 1.29 is 9.47 Å². The minimum Gasteiger partial charge on any atom is -0.351 e. The van der Waals surface area contributed by atoms with Gasteiger partial charge >= 0.3 is 0 Å². The molecule has 0 amide bonds. The number of hydrogen-bond acceptors (Lipinski definition) is 3. The summed E-state index contributed by atoms with van der Waals surface area (Å²) >= 11 is 0. The number of nitrogens with zero attached hydrogens (tertiary/aromatic N) is 2. The molecule has 0 unspecified atom stereocenters. The van der Waals surface area contributed by atoms with Crippen molar-refractivity contribution in [1.29, 1.82) is 0 Å². The van der Waals surface area contributed by atoms with Gasteiger partial charge in [0, 0.05) is 13.2 Å². The van der Waals surface area contributed by atoms with Crippen LogP contribution in [0.1, 0.15) is 25.2 Å². The number of ether oxygens (including phenoxy) is 2. The first kappa shape index (κ1) is 17.4. The predicted octanol–water partition coefficient (Wildman–Crippen LogP) is 4.61. The summed E-state index contributed by atoms with van der Waals surface area (Å²) in [6.07, 6.45) is 3.84. The Morgan fingerprint density at radius 3 is 2.32 bits per heavy atom. The highest BCUT2D eigenvalue weighted by atomic mass is 16.7. The number of benzene rings is 2. The van der Waals surface area contributed by atoms with Gasteiger partial charge in [0.2, 0.25) is 0 Å². The van der Waals surface area contributed by atoms with Crippen LogP contribution in [0.15, 0.2) is 54.6 Å². The van der Waals surface area contributed by atoms with Gasteiger partial charge in [-0.15, -0.1) is 0 Å². The Hall–Kier alpha value is -2.43. The van der Waals surface area contributed by atoms with Gasteiger partial charge in [-0.2, -0.15) is 0 Å². The van der Waals surface area contributed by atoms with Crippen molar-refractivity contribution >= 4 is 23.2 Å². The molecule has 0 saturated heterocycles. The highest BCUT2D eigenvalue weighted by Gasteiger charge is 2.14. The molecule has 0 aliphatic rings. The van der Waals surface area contributed by atoms with Gasteiger partial charge in [-0.05, 0) is 37.6 Å². The molecule has 0 saturated carbocycles. The molecule has 0 bridgehead atoms. The molecule has 0 radical (unpaired) electrons. The maximum atomic E-state index is 5.73. The highest BCUT2D eigenvalue weighted by molar-refractivity contribution is 5.79. The summed E-state index contributed by atoms with van der Waals surface area (Å²) in [5, 5.41) is 0. The van der Waals surface area contributed by atoms with Gasteiger partial charge in [0.15, 0.2) is 6.29 Å². The van der Waals surface area contributed by atoms with Crippen LogP contribution in [0.2, 0.25) is 0 Å². The molecule has 0 spiro atoms. The van der Waals surface area contributed by atoms with Gasteiger partial charge in [-0.25, -0.2) is 4.98 Å². The smallest absolute Gasteiger partial charge is 0.175 e. The van der Waals surface area contributed by atoms with Crippen LogP contribution in [0.3, 0.4) is 0 Å². The lowest BCUT2D eigenvalue weighted by Crippen LogP contribution is -2.24. The summed E-state index contributed by atoms with van der Waals surface area (Å²) in [6.45, 7) is 5.80. The van der Waals surface area contributed by atoms with Crippen molar-refractivity contribution in [2.45, 2.75) is 26.7 Å². The van der Waals surface area contributed by atoms with E-state index in [9.17, 15) is 0 Å². The SMILES string of the molecule is CCOC(Cn1c(/C=C/c2ccccc2)nc2ccccc21)OCC. The van der Waals surface area contributed by atoms with Crippen LogP contribution in [0.25, 0.3) is 23.2 Å². The van der Waals surface area contributed by atoms with Gasteiger partial charge in [-0.3, -0.25) is 0 Å². The number of imidazole rings is 1. The lowest BCUT2D eigenvalue weighted by molar-refractivity contribution is -0.143. The number of fused-ring (bicyclic) bond motifs is 1. The average Bonchev–Trinajstić information content (AvgIpc) is 2.99. The molecular weight excluding hydrogens is 312 g/mol. The van der Waals surface area contributed by atoms with E-state index in [4.69, 9.17) is 14.5 Å². The lowest BCUT2D eigenvalue weighted by atomic mass is 10.2. The number of hydrogen-bond donors (Lipinski definition) is 0. The topological polar surface area (TPSA) is 36.3 Å². The van der Waals surface area contributed by atoms with Crippen molar-refractivity contribution in [1.82, 2.24) is 9.55 Å². The molecular formula is C21H24N2O2. The van der Waals surface area contributed by atoms with E-state index in [1.165, 1.54) is 0 Å². The molecule has 2 aromatic carbocycles. The van der Waals surface area contributed by atoms with E-state index in [1.807, 2.05) is 56.3 Å². The van der Waals surface area contributed by atoms with Crippen molar-refractivity contribution in [2.75, 3.05) is 13.2 Å². The first-order chi connectivity index (χ1) is 12.3. The van der Waals surface area contributed by atoms with Crippen molar-refractivity contribution in [3.63, 3.8) is 0 Å². The number of para-hydroxylation sites is 2. The van der Waals surface area contributed by atoms with E-state index in [0.717, 1.165) is 22.4 Å². The van der Waals surface area contributed by atoms with Gasteiger partial charge in [0.25, 0.3) is 0 Å². The summed E-state index contributed by atoms with van der Waals surface area (Å²) < 4.78 is 13.6. The molecule has 130 valence electrons. The molecule has 3 rings (SSSR count). The summed E-state index contributed by atoms with van der Waals surface area (Å²) in [5.74, 6) is 0.898. The zero-order valence-electron chi connectivity index (χ0n) is 14.8. The van der Waals surface area contributed by atoms with Crippen molar-refractivity contribution in [3.8, 4) is 0 Å². The maximum Gasteiger partial charge on any atom is 0.175 e. The molecule has 0 fully saturated rings. The molecule has 0 N–H and O–H groups in total. The maximum absolute atomic E-state index is 5.73. The Morgan fingerprint density at radius 2 is 1.60 bits per heavy atom. The monoisotopic (exact) mass is 336 g/mol. The Bertz CT molecular complexity index is 818. The summed E-state index contributed by atoms with van der Waals surface area (Å²) in [7, 11) is 0. The van der Waals surface area contributed by atoms with Crippen LogP contribution in [0.4, 0.5) is 0 Å². The zero-order chi connectivity index (χ0) is 17.5. The van der Waals surface area contributed by atoms with Gasteiger partial charge in [0.1, 0.15) is 5.82 Å². The van der Waals surface area contributed by atoms with E-state index in [0.29, 0.717) is 19.8 Å². The van der Waals surface area contributed by atoms with Gasteiger partial charge in [-0.1, -0.05) is 48.5 Å². The fourth-order valence-electron chi connectivity index (χ4n) is 2.82. The molecule has 1 aromatic heterocycles. The average molecular weight is 336 g/mol. The Labute approximate surface area is 148 Å². The number of aromatic nitrogens is 2. The second-order valence-corrected chi connectivity index (χ2v) is 5.65. The first-order valence-corrected chi connectivity index (χ1v) is 8.73. The van der Waals surface area contributed by atoms with Crippen LogP contribution in [-0.2, 0) is 16.0 Å². The molecule has 3 aromatic rings. The van der Waals surface area contributed by atoms with E-state index in [-0.39, 0.29) is 6.29 Å². The second kappa shape index (κ2) is 8.60. The molecule has 0 atom stereocenters. The molecule has 4 heteroatoms. The standard InChI is InChI=1S/C21H24N2O2/c1-3-24-21(25-4-2)16-23-19-13-9-8-12-18(19)22-20(23)15-14-17-10-6-5-7-11-17/h5-15,21H,3-4,16H2,1-2H3/b15-14+. The van der Waals surface area contributed by atoms with E-state index in [2.05, 4.69) is 28.8 Å². The molecule has 0 aliphatic heterocycles. The Morgan fingerprint density at radius 1 is 0.920 bits per heavy atom. The normalized spacial score (nSPS) is 11.8. The molecule has 0 aliphatic carbocycles. The Kier molecular flexibility index (Phi) is 5.99. The predicted molar refractivity (Wildman–Crippen MR) is 102 cm³/mol. The van der Waals surface area contributed by atoms with Crippen LogP contribution in [0.5, 0.6) is 0 Å². The highest BCUT2D eigenvalue weighted by Crippen LogP contribution is 2.19. The third kappa shape index (κ3) is 4.35. The van der Waals surface area contributed by atoms with E-state index >= 15 is 0 Å². The van der Waals surface area contributed by atoms with Crippen LogP contribution in [-0.4, -0.2) is 29.1 Å². The minimum atomic E-state index is -0.281. The third-order valence-corrected chi connectivity index (χ3v) is 3.95. The van der Waals surface area contributed by atoms with E-state index < -0.39 is 0 Å². The van der Waals surface area contributed by atoms with Gasteiger partial charge in [0.05, 0.1) is 17.6 Å². The second-order valence-electron chi connectivity index (χ2n) is 5.65. The summed E-state index contributed by atoms with van der Waals surface area (Å²) in [6, 6.07) is 18.4. The molecule has 25 heavy (non-hydrogen) atoms. The molecule has 1 heterocycles. The lowest BCUT2D eigenvalue weighted by Gasteiger charge is -2.18. The Balaban J connectivity index is 1.95. The minimum absolute atomic E-state index is 0.281.